The Balaban J connectivity index is 1.50. The summed E-state index contributed by atoms with van der Waals surface area (Å²) in [5, 5.41) is 2.91. The first-order valence-electron chi connectivity index (χ1n) is 8.53. The maximum Gasteiger partial charge on any atom is 0.234 e. The average molecular weight is 391 g/mol. The Bertz CT molecular complexity index is 783. The van der Waals surface area contributed by atoms with Crippen LogP contribution in [0.15, 0.2) is 28.6 Å². The normalized spacial score (nSPS) is 13.8. The number of benzene rings is 1. The van der Waals surface area contributed by atoms with Gasteiger partial charge in [0.25, 0.3) is 0 Å². The quantitative estimate of drug-likeness (QED) is 0.710. The van der Waals surface area contributed by atoms with Crippen molar-refractivity contribution in [1.29, 1.82) is 0 Å². The largest absolute Gasteiger partial charge is 0.372 e. The van der Waals surface area contributed by atoms with Crippen molar-refractivity contribution >= 4 is 46.3 Å². The second-order valence-electron chi connectivity index (χ2n) is 6.21. The summed E-state index contributed by atoms with van der Waals surface area (Å²) in [7, 11) is 0. The number of nitrogens with zero attached hydrogens (tertiary/aromatic N) is 2. The fraction of sp³-hybridized carbons (Fsp3) is 0.389. The van der Waals surface area contributed by atoms with E-state index in [2.05, 4.69) is 15.2 Å². The topological polar surface area (TPSA) is 88.3 Å². The van der Waals surface area contributed by atoms with Crippen molar-refractivity contribution in [3.63, 3.8) is 0 Å². The van der Waals surface area contributed by atoms with Crippen LogP contribution in [0.4, 0.5) is 11.4 Å². The van der Waals surface area contributed by atoms with Crippen LogP contribution in [0.5, 0.6) is 0 Å². The minimum atomic E-state index is -0.372. The number of anilines is 2. The number of carbonyl (C=O) groups is 2. The van der Waals surface area contributed by atoms with Gasteiger partial charge in [-0.25, -0.2) is 4.98 Å². The number of amides is 2. The van der Waals surface area contributed by atoms with Crippen LogP contribution < -0.4 is 16.0 Å². The fourth-order valence-electron chi connectivity index (χ4n) is 2.84. The number of hydrogen-bond donors (Lipinski definition) is 2. The van der Waals surface area contributed by atoms with Crippen LogP contribution in [0.3, 0.4) is 0 Å². The molecule has 6 nitrogen and oxygen atoms in total. The molecule has 0 radical (unpaired) electrons. The third-order valence-electron chi connectivity index (χ3n) is 4.16. The van der Waals surface area contributed by atoms with E-state index in [9.17, 15) is 9.59 Å². The highest BCUT2D eigenvalue weighted by molar-refractivity contribution is 8.01. The summed E-state index contributed by atoms with van der Waals surface area (Å²) >= 11 is 2.79. The molecular formula is C18H22N4O2S2. The number of thioether (sulfide) groups is 1. The van der Waals surface area contributed by atoms with Gasteiger partial charge in [0.2, 0.25) is 11.8 Å². The Morgan fingerprint density at radius 2 is 1.96 bits per heavy atom. The van der Waals surface area contributed by atoms with E-state index in [1.54, 1.807) is 0 Å². The summed E-state index contributed by atoms with van der Waals surface area (Å²) in [4.78, 5) is 30.8. The van der Waals surface area contributed by atoms with E-state index in [0.29, 0.717) is 0 Å². The standard InChI is InChI=1S/C18H22N4O2S2/c1-12-15(10-16(19)23)26-18(20-12)25-11-17(24)21-13-4-6-14(7-5-13)22-8-2-3-9-22/h4-7H,2-3,8-11H2,1H3,(H2,19,23)(H,21,24). The van der Waals surface area contributed by atoms with Gasteiger partial charge in [-0.1, -0.05) is 11.8 Å². The predicted molar refractivity (Wildman–Crippen MR) is 107 cm³/mol. The van der Waals surface area contributed by atoms with Gasteiger partial charge in [-0.2, -0.15) is 0 Å². The molecular weight excluding hydrogens is 368 g/mol. The van der Waals surface area contributed by atoms with Crippen molar-refractivity contribution in [2.45, 2.75) is 30.5 Å². The van der Waals surface area contributed by atoms with Gasteiger partial charge >= 0.3 is 0 Å². The number of rotatable bonds is 7. The highest BCUT2D eigenvalue weighted by Gasteiger charge is 2.13. The number of nitrogens with two attached hydrogens (primary N) is 1. The first-order chi connectivity index (χ1) is 12.5. The molecule has 138 valence electrons. The summed E-state index contributed by atoms with van der Waals surface area (Å²) in [5.41, 5.74) is 8.03. The minimum absolute atomic E-state index is 0.0757. The molecule has 0 unspecified atom stereocenters. The highest BCUT2D eigenvalue weighted by Crippen LogP contribution is 2.28. The van der Waals surface area contributed by atoms with E-state index in [1.165, 1.54) is 41.6 Å². The van der Waals surface area contributed by atoms with Gasteiger partial charge < -0.3 is 16.0 Å². The van der Waals surface area contributed by atoms with E-state index in [1.807, 2.05) is 31.2 Å². The van der Waals surface area contributed by atoms with Crippen molar-refractivity contribution in [3.8, 4) is 0 Å². The molecule has 3 rings (SSSR count). The van der Waals surface area contributed by atoms with E-state index in [-0.39, 0.29) is 24.0 Å². The summed E-state index contributed by atoms with van der Waals surface area (Å²) in [6, 6.07) is 7.98. The summed E-state index contributed by atoms with van der Waals surface area (Å²) in [5.74, 6) is -0.173. The molecule has 26 heavy (non-hydrogen) atoms. The Kier molecular flexibility index (Phi) is 6.16. The molecule has 2 aromatic rings. The lowest BCUT2D eigenvalue weighted by Crippen LogP contribution is -2.18. The van der Waals surface area contributed by atoms with Crippen molar-refractivity contribution in [2.24, 2.45) is 5.73 Å². The van der Waals surface area contributed by atoms with Crippen LogP contribution in [0.25, 0.3) is 0 Å². The van der Waals surface area contributed by atoms with Gasteiger partial charge in [-0.3, -0.25) is 9.59 Å². The Morgan fingerprint density at radius 1 is 1.27 bits per heavy atom. The molecule has 0 saturated carbocycles. The van der Waals surface area contributed by atoms with E-state index < -0.39 is 0 Å². The fourth-order valence-corrected chi connectivity index (χ4v) is 4.88. The maximum atomic E-state index is 12.2. The number of hydrogen-bond acceptors (Lipinski definition) is 6. The second-order valence-corrected chi connectivity index (χ2v) is 8.52. The van der Waals surface area contributed by atoms with Crippen LogP contribution in [-0.4, -0.2) is 35.6 Å². The molecule has 1 aromatic carbocycles. The van der Waals surface area contributed by atoms with Crippen LogP contribution in [0, 0.1) is 6.92 Å². The lowest BCUT2D eigenvalue weighted by atomic mass is 10.2. The van der Waals surface area contributed by atoms with Gasteiger partial charge in [0.1, 0.15) is 0 Å². The van der Waals surface area contributed by atoms with Gasteiger partial charge in [0.15, 0.2) is 4.34 Å². The van der Waals surface area contributed by atoms with E-state index >= 15 is 0 Å². The number of aromatic nitrogens is 1. The van der Waals surface area contributed by atoms with Crippen LogP contribution in [0.1, 0.15) is 23.4 Å². The van der Waals surface area contributed by atoms with Crippen LogP contribution in [0.2, 0.25) is 0 Å². The van der Waals surface area contributed by atoms with E-state index in [4.69, 9.17) is 5.73 Å². The summed E-state index contributed by atoms with van der Waals surface area (Å²) in [6.07, 6.45) is 2.68. The number of primary amides is 1. The Hall–Kier alpha value is -2.06. The van der Waals surface area contributed by atoms with Crippen LogP contribution in [-0.2, 0) is 16.0 Å². The lowest BCUT2D eigenvalue weighted by Gasteiger charge is -2.17. The summed E-state index contributed by atoms with van der Waals surface area (Å²) < 4.78 is 0.776. The molecule has 0 aliphatic carbocycles. The van der Waals surface area contributed by atoms with Crippen molar-refractivity contribution in [1.82, 2.24) is 4.98 Å². The van der Waals surface area contributed by atoms with Crippen molar-refractivity contribution in [2.75, 3.05) is 29.1 Å². The van der Waals surface area contributed by atoms with Gasteiger partial charge in [0.05, 0.1) is 17.9 Å². The molecule has 1 aliphatic rings. The Morgan fingerprint density at radius 3 is 2.62 bits per heavy atom. The van der Waals surface area contributed by atoms with Crippen molar-refractivity contribution < 1.29 is 9.59 Å². The smallest absolute Gasteiger partial charge is 0.234 e. The van der Waals surface area contributed by atoms with Gasteiger partial charge in [-0.15, -0.1) is 11.3 Å². The van der Waals surface area contributed by atoms with Crippen molar-refractivity contribution in [3.05, 3.63) is 34.8 Å². The molecule has 2 amide bonds. The van der Waals surface area contributed by atoms with Gasteiger partial charge in [-0.05, 0) is 44.0 Å². The average Bonchev–Trinajstić information content (AvgIpc) is 3.24. The summed E-state index contributed by atoms with van der Waals surface area (Å²) in [6.45, 7) is 4.06. The molecule has 1 aliphatic heterocycles. The molecule has 2 heterocycles. The molecule has 1 fully saturated rings. The molecule has 0 bridgehead atoms. The molecule has 1 saturated heterocycles. The number of thiazole rings is 1. The second kappa shape index (κ2) is 8.55. The molecule has 3 N–H and O–H groups in total. The number of carbonyl (C=O) groups excluding carboxylic acids is 2. The predicted octanol–water partition coefficient (Wildman–Crippen LogP) is 2.81. The minimum Gasteiger partial charge on any atom is -0.372 e. The third kappa shape index (κ3) is 4.98. The molecule has 0 spiro atoms. The van der Waals surface area contributed by atoms with E-state index in [0.717, 1.165) is 33.7 Å². The Labute approximate surface area is 161 Å². The molecule has 0 atom stereocenters. The first-order valence-corrected chi connectivity index (χ1v) is 10.3. The third-order valence-corrected chi connectivity index (χ3v) is 6.46. The number of nitrogens with one attached hydrogen (secondary N) is 1. The first kappa shape index (κ1) is 18.7. The zero-order valence-electron chi connectivity index (χ0n) is 14.7. The monoisotopic (exact) mass is 390 g/mol. The zero-order valence-corrected chi connectivity index (χ0v) is 16.3. The number of aryl methyl sites for hydroxylation is 1. The zero-order chi connectivity index (χ0) is 18.5. The lowest BCUT2D eigenvalue weighted by molar-refractivity contribution is -0.117. The SMILES string of the molecule is Cc1nc(SCC(=O)Nc2ccc(N3CCCC3)cc2)sc1CC(N)=O. The molecule has 8 heteroatoms. The highest BCUT2D eigenvalue weighted by atomic mass is 32.2. The van der Waals surface area contributed by atoms with Crippen LogP contribution >= 0.6 is 23.1 Å². The maximum absolute atomic E-state index is 12.2. The molecule has 1 aromatic heterocycles. The van der Waals surface area contributed by atoms with Gasteiger partial charge in [0, 0.05) is 29.3 Å².